The Labute approximate surface area is 83.6 Å². The average Bonchev–Trinajstić information content (AvgIpc) is 2.20. The number of rotatable bonds is 3. The van der Waals surface area contributed by atoms with Crippen molar-refractivity contribution in [2.45, 2.75) is 31.9 Å². The number of hydrogen-bond acceptors (Lipinski definition) is 4. The number of nitroso groups, excluding NO2 is 1. The second-order valence-corrected chi connectivity index (χ2v) is 4.06. The minimum absolute atomic E-state index is 0.188. The van der Waals surface area contributed by atoms with E-state index in [-0.39, 0.29) is 24.5 Å². The summed E-state index contributed by atoms with van der Waals surface area (Å²) in [5.74, 6) is 0.00380. The molecule has 4 heteroatoms. The van der Waals surface area contributed by atoms with Crippen LogP contribution in [0.15, 0.2) is 17.3 Å². The van der Waals surface area contributed by atoms with E-state index in [4.69, 9.17) is 5.11 Å². The normalized spacial score (nSPS) is 35.4. The lowest BCUT2D eigenvalue weighted by molar-refractivity contribution is 0.0442. The maximum Gasteiger partial charge on any atom is 0.0932 e. The highest BCUT2D eigenvalue weighted by atomic mass is 16.3. The molecule has 1 fully saturated rings. The minimum Gasteiger partial charge on any atom is -0.394 e. The van der Waals surface area contributed by atoms with E-state index in [0.717, 1.165) is 5.57 Å². The molecule has 0 bridgehead atoms. The Morgan fingerprint density at radius 1 is 1.64 bits per heavy atom. The molecule has 0 saturated heterocycles. The van der Waals surface area contributed by atoms with Crippen molar-refractivity contribution in [1.29, 1.82) is 0 Å². The van der Waals surface area contributed by atoms with E-state index in [1.54, 1.807) is 0 Å². The fraction of sp³-hybridized carbons (Fsp3) is 0.800. The van der Waals surface area contributed by atoms with Crippen molar-refractivity contribution in [3.63, 3.8) is 0 Å². The third kappa shape index (κ3) is 2.19. The number of nitrogens with zero attached hydrogens (tertiary/aromatic N) is 1. The standard InChI is InChI=1S/C10H17NO3/c1-6-3-8(11-14)4-9(7(6)2)10(13)5-12/h6,8-10,12-13H,2-5H2,1H3/t6-,8-,9?,10+/m0/s1. The lowest BCUT2D eigenvalue weighted by atomic mass is 9.74. The lowest BCUT2D eigenvalue weighted by Crippen LogP contribution is -2.35. The Morgan fingerprint density at radius 3 is 2.79 bits per heavy atom. The zero-order valence-electron chi connectivity index (χ0n) is 8.39. The van der Waals surface area contributed by atoms with Gasteiger partial charge in [-0.1, -0.05) is 24.3 Å². The highest BCUT2D eigenvalue weighted by molar-refractivity contribution is 5.12. The predicted molar refractivity (Wildman–Crippen MR) is 53.7 cm³/mol. The van der Waals surface area contributed by atoms with Gasteiger partial charge in [-0.2, -0.15) is 4.91 Å². The van der Waals surface area contributed by atoms with Gasteiger partial charge in [-0.25, -0.2) is 0 Å². The van der Waals surface area contributed by atoms with Crippen molar-refractivity contribution in [2.24, 2.45) is 17.0 Å². The summed E-state index contributed by atoms with van der Waals surface area (Å²) in [6.45, 7) is 5.58. The largest absolute Gasteiger partial charge is 0.394 e. The third-order valence-electron chi connectivity index (χ3n) is 3.06. The summed E-state index contributed by atoms with van der Waals surface area (Å²) in [5, 5.41) is 21.4. The molecule has 4 nitrogen and oxygen atoms in total. The second-order valence-electron chi connectivity index (χ2n) is 4.06. The molecule has 4 atom stereocenters. The monoisotopic (exact) mass is 199 g/mol. The van der Waals surface area contributed by atoms with Gasteiger partial charge in [-0.3, -0.25) is 0 Å². The van der Waals surface area contributed by atoms with E-state index in [0.29, 0.717) is 12.8 Å². The van der Waals surface area contributed by atoms with Crippen LogP contribution in [0.4, 0.5) is 0 Å². The van der Waals surface area contributed by atoms with Crippen molar-refractivity contribution in [1.82, 2.24) is 0 Å². The summed E-state index contributed by atoms with van der Waals surface area (Å²) in [4.78, 5) is 10.4. The van der Waals surface area contributed by atoms with Crippen molar-refractivity contribution in [2.75, 3.05) is 6.61 Å². The number of hydrogen-bond donors (Lipinski definition) is 2. The topological polar surface area (TPSA) is 69.9 Å². The first-order chi connectivity index (χ1) is 6.60. The summed E-state index contributed by atoms with van der Waals surface area (Å²) in [5.41, 5.74) is 0.923. The molecule has 1 unspecified atom stereocenters. The third-order valence-corrected chi connectivity index (χ3v) is 3.06. The van der Waals surface area contributed by atoms with Crippen molar-refractivity contribution >= 4 is 0 Å². The molecule has 0 radical (unpaired) electrons. The fourth-order valence-corrected chi connectivity index (χ4v) is 2.08. The molecule has 80 valence electrons. The van der Waals surface area contributed by atoms with Gasteiger partial charge >= 0.3 is 0 Å². The van der Waals surface area contributed by atoms with Crippen LogP contribution in [0.5, 0.6) is 0 Å². The minimum atomic E-state index is -0.811. The Balaban J connectivity index is 2.72. The highest BCUT2D eigenvalue weighted by Gasteiger charge is 2.34. The molecule has 0 spiro atoms. The number of aliphatic hydroxyl groups excluding tert-OH is 2. The average molecular weight is 199 g/mol. The van der Waals surface area contributed by atoms with E-state index >= 15 is 0 Å². The van der Waals surface area contributed by atoms with Gasteiger partial charge in [0.25, 0.3) is 0 Å². The van der Waals surface area contributed by atoms with Crippen LogP contribution in [0, 0.1) is 16.7 Å². The van der Waals surface area contributed by atoms with E-state index in [1.807, 2.05) is 6.92 Å². The molecule has 14 heavy (non-hydrogen) atoms. The summed E-state index contributed by atoms with van der Waals surface area (Å²) in [6, 6.07) is -0.248. The molecule has 0 aromatic heterocycles. The quantitative estimate of drug-likeness (QED) is 0.527. The maximum absolute atomic E-state index is 10.4. The lowest BCUT2D eigenvalue weighted by Gasteiger charge is -2.34. The molecule has 1 aliphatic rings. The van der Waals surface area contributed by atoms with Gasteiger partial charge in [-0.05, 0) is 18.8 Å². The van der Waals surface area contributed by atoms with E-state index in [9.17, 15) is 10.0 Å². The summed E-state index contributed by atoms with van der Waals surface area (Å²) < 4.78 is 0. The van der Waals surface area contributed by atoms with Crippen LogP contribution in [-0.2, 0) is 0 Å². The summed E-state index contributed by atoms with van der Waals surface area (Å²) in [7, 11) is 0. The van der Waals surface area contributed by atoms with Crippen LogP contribution in [0.25, 0.3) is 0 Å². The van der Waals surface area contributed by atoms with Crippen LogP contribution < -0.4 is 0 Å². The van der Waals surface area contributed by atoms with Crippen LogP contribution >= 0.6 is 0 Å². The van der Waals surface area contributed by atoms with Crippen molar-refractivity contribution in [3.05, 3.63) is 17.1 Å². The number of aliphatic hydroxyl groups is 2. The second kappa shape index (κ2) is 4.66. The van der Waals surface area contributed by atoms with Crippen molar-refractivity contribution < 1.29 is 10.2 Å². The Hall–Kier alpha value is -0.740. The van der Waals surface area contributed by atoms with Crippen LogP contribution in [0.3, 0.4) is 0 Å². The summed E-state index contributed by atoms with van der Waals surface area (Å²) in [6.07, 6.45) is 0.403. The van der Waals surface area contributed by atoms with Gasteiger partial charge in [0.05, 0.1) is 18.8 Å². The van der Waals surface area contributed by atoms with Crippen LogP contribution in [0.2, 0.25) is 0 Å². The van der Waals surface area contributed by atoms with Gasteiger partial charge in [-0.15, -0.1) is 0 Å². The van der Waals surface area contributed by atoms with Gasteiger partial charge in [0, 0.05) is 5.92 Å². The smallest absolute Gasteiger partial charge is 0.0932 e. The first-order valence-corrected chi connectivity index (χ1v) is 4.90. The highest BCUT2D eigenvalue weighted by Crippen LogP contribution is 2.36. The van der Waals surface area contributed by atoms with E-state index in [2.05, 4.69) is 11.8 Å². The molecule has 1 rings (SSSR count). The van der Waals surface area contributed by atoms with E-state index < -0.39 is 6.10 Å². The Bertz CT molecular complexity index is 229. The van der Waals surface area contributed by atoms with Crippen LogP contribution in [-0.4, -0.2) is 29.0 Å². The van der Waals surface area contributed by atoms with E-state index in [1.165, 1.54) is 0 Å². The molecule has 0 amide bonds. The van der Waals surface area contributed by atoms with Gasteiger partial charge < -0.3 is 10.2 Å². The molecule has 0 aromatic rings. The molecular formula is C10H17NO3. The first kappa shape index (κ1) is 11.3. The summed E-state index contributed by atoms with van der Waals surface area (Å²) >= 11 is 0. The maximum atomic E-state index is 10.4. The predicted octanol–water partition coefficient (Wildman–Crippen LogP) is 1.08. The Kier molecular flexibility index (Phi) is 3.77. The van der Waals surface area contributed by atoms with Gasteiger partial charge in [0.15, 0.2) is 0 Å². The van der Waals surface area contributed by atoms with Gasteiger partial charge in [0.2, 0.25) is 0 Å². The molecule has 0 heterocycles. The zero-order chi connectivity index (χ0) is 10.7. The van der Waals surface area contributed by atoms with Gasteiger partial charge in [0.1, 0.15) is 0 Å². The van der Waals surface area contributed by atoms with Crippen molar-refractivity contribution in [3.8, 4) is 0 Å². The van der Waals surface area contributed by atoms with Crippen LogP contribution in [0.1, 0.15) is 19.8 Å². The fourth-order valence-electron chi connectivity index (χ4n) is 2.08. The zero-order valence-corrected chi connectivity index (χ0v) is 8.39. The molecule has 2 N–H and O–H groups in total. The molecule has 0 aromatic carbocycles. The Morgan fingerprint density at radius 2 is 2.29 bits per heavy atom. The molecule has 0 aliphatic heterocycles. The molecule has 1 aliphatic carbocycles. The SMILES string of the molecule is C=C1C([C@H](O)CO)C[C@@H](N=O)C[C@@H]1C. The first-order valence-electron chi connectivity index (χ1n) is 4.90. The molecular weight excluding hydrogens is 182 g/mol. The molecule has 1 saturated carbocycles.